The van der Waals surface area contributed by atoms with E-state index >= 15 is 0 Å². The monoisotopic (exact) mass is 185 g/mol. The maximum absolute atomic E-state index is 10.6. The van der Waals surface area contributed by atoms with Gasteiger partial charge in [0, 0.05) is 6.04 Å². The summed E-state index contributed by atoms with van der Waals surface area (Å²) in [4.78, 5) is 10.6. The van der Waals surface area contributed by atoms with Gasteiger partial charge in [0.05, 0.1) is 6.10 Å². The van der Waals surface area contributed by atoms with Gasteiger partial charge in [-0.25, -0.2) is 0 Å². The van der Waals surface area contributed by atoms with Gasteiger partial charge in [-0.3, -0.25) is 4.79 Å². The number of rotatable bonds is 3. The fourth-order valence-corrected chi connectivity index (χ4v) is 0.929. The molecule has 76 valence electrons. The van der Waals surface area contributed by atoms with Crippen molar-refractivity contribution in [3.63, 3.8) is 0 Å². The van der Waals surface area contributed by atoms with E-state index < -0.39 is 12.1 Å². The second-order valence-electron chi connectivity index (χ2n) is 4.36. The van der Waals surface area contributed by atoms with Crippen molar-refractivity contribution < 1.29 is 9.90 Å². The van der Waals surface area contributed by atoms with Crippen LogP contribution in [-0.4, -0.2) is 23.0 Å². The quantitative estimate of drug-likeness (QED) is 0.641. The van der Waals surface area contributed by atoms with Crippen LogP contribution in [-0.2, 0) is 4.79 Å². The number of hydrogen-bond acceptors (Lipinski definition) is 3. The normalized spacial score (nSPS) is 17.4. The summed E-state index contributed by atoms with van der Waals surface area (Å²) in [6.45, 7) is 7.16. The Morgan fingerprint density at radius 3 is 2.23 bits per heavy atom. The first-order valence-corrected chi connectivity index (χ1v) is 4.37. The Morgan fingerprint density at radius 2 is 1.92 bits per heavy atom. The summed E-state index contributed by atoms with van der Waals surface area (Å²) >= 11 is 0. The lowest BCUT2D eigenvalue weighted by atomic mass is 9.85. The van der Waals surface area contributed by atoms with E-state index in [2.05, 4.69) is 0 Å². The summed E-state index contributed by atoms with van der Waals surface area (Å²) < 4.78 is 0. The zero-order valence-electron chi connectivity index (χ0n) is 8.74. The molecule has 2 atom stereocenters. The van der Waals surface area contributed by atoms with Crippen molar-refractivity contribution >= 4 is 5.78 Å². The SMILES string of the molecule is CC(=O)/C=C/[C@H](N)[C@H](O)C(C)(C)C. The third-order valence-electron chi connectivity index (χ3n) is 1.81. The first kappa shape index (κ1) is 12.3. The largest absolute Gasteiger partial charge is 0.391 e. The maximum atomic E-state index is 10.6. The Labute approximate surface area is 79.6 Å². The molecule has 0 unspecified atom stereocenters. The topological polar surface area (TPSA) is 63.3 Å². The third-order valence-corrected chi connectivity index (χ3v) is 1.81. The summed E-state index contributed by atoms with van der Waals surface area (Å²) in [5, 5.41) is 9.68. The summed E-state index contributed by atoms with van der Waals surface area (Å²) in [7, 11) is 0. The van der Waals surface area contributed by atoms with Crippen LogP contribution in [0.5, 0.6) is 0 Å². The number of ketones is 1. The molecule has 0 aliphatic carbocycles. The lowest BCUT2D eigenvalue weighted by Crippen LogP contribution is -2.42. The number of carbonyl (C=O) groups excluding carboxylic acids is 1. The predicted octanol–water partition coefficient (Wildman–Crippen LogP) is 0.866. The summed E-state index contributed by atoms with van der Waals surface area (Å²) in [6.07, 6.45) is 2.29. The molecule has 0 aliphatic heterocycles. The molecule has 0 spiro atoms. The summed E-state index contributed by atoms with van der Waals surface area (Å²) in [5.74, 6) is -0.0587. The molecule has 3 heteroatoms. The van der Waals surface area contributed by atoms with Gasteiger partial charge in [0.15, 0.2) is 5.78 Å². The molecule has 3 nitrogen and oxygen atoms in total. The van der Waals surface area contributed by atoms with E-state index in [1.54, 1.807) is 0 Å². The highest BCUT2D eigenvalue weighted by Gasteiger charge is 2.26. The van der Waals surface area contributed by atoms with Crippen LogP contribution in [0, 0.1) is 5.41 Å². The van der Waals surface area contributed by atoms with Crippen molar-refractivity contribution in [2.45, 2.75) is 39.8 Å². The maximum Gasteiger partial charge on any atom is 0.152 e. The van der Waals surface area contributed by atoms with Crippen molar-refractivity contribution in [2.75, 3.05) is 0 Å². The Hall–Kier alpha value is -0.670. The Bertz CT molecular complexity index is 203. The second kappa shape index (κ2) is 4.53. The fourth-order valence-electron chi connectivity index (χ4n) is 0.929. The van der Waals surface area contributed by atoms with Crippen molar-refractivity contribution in [2.24, 2.45) is 11.1 Å². The molecule has 0 radical (unpaired) electrons. The van der Waals surface area contributed by atoms with Crippen LogP contribution < -0.4 is 5.73 Å². The highest BCUT2D eigenvalue weighted by molar-refractivity contribution is 5.87. The molecule has 0 aromatic heterocycles. The van der Waals surface area contributed by atoms with Crippen LogP contribution in [0.25, 0.3) is 0 Å². The molecule has 0 amide bonds. The Balaban J connectivity index is 4.27. The van der Waals surface area contributed by atoms with Gasteiger partial charge in [-0.05, 0) is 18.4 Å². The minimum atomic E-state index is -0.636. The molecule has 3 N–H and O–H groups in total. The van der Waals surface area contributed by atoms with E-state index in [0.29, 0.717) is 0 Å². The minimum Gasteiger partial charge on any atom is -0.391 e. The van der Waals surface area contributed by atoms with Crippen LogP contribution in [0.2, 0.25) is 0 Å². The van der Waals surface area contributed by atoms with Gasteiger partial charge in [0.2, 0.25) is 0 Å². The van der Waals surface area contributed by atoms with Crippen molar-refractivity contribution in [1.82, 2.24) is 0 Å². The predicted molar refractivity (Wildman–Crippen MR) is 53.3 cm³/mol. The van der Waals surface area contributed by atoms with Gasteiger partial charge >= 0.3 is 0 Å². The molecular weight excluding hydrogens is 166 g/mol. The number of aliphatic hydroxyl groups excluding tert-OH is 1. The van der Waals surface area contributed by atoms with E-state index in [1.165, 1.54) is 19.1 Å². The van der Waals surface area contributed by atoms with Gasteiger partial charge in [0.25, 0.3) is 0 Å². The van der Waals surface area contributed by atoms with Crippen molar-refractivity contribution in [3.8, 4) is 0 Å². The number of allylic oxidation sites excluding steroid dienone is 1. The van der Waals surface area contributed by atoms with Crippen LogP contribution in [0.4, 0.5) is 0 Å². The third kappa shape index (κ3) is 4.80. The number of nitrogens with two attached hydrogens (primary N) is 1. The first-order chi connectivity index (χ1) is 5.75. The Kier molecular flexibility index (Phi) is 4.30. The molecule has 0 saturated heterocycles. The molecule has 0 aromatic rings. The zero-order valence-corrected chi connectivity index (χ0v) is 8.74. The molecule has 0 aromatic carbocycles. The molecule has 0 heterocycles. The van der Waals surface area contributed by atoms with Gasteiger partial charge in [0.1, 0.15) is 0 Å². The highest BCUT2D eigenvalue weighted by Crippen LogP contribution is 2.21. The number of aliphatic hydroxyl groups is 1. The average Bonchev–Trinajstić information content (AvgIpc) is 1.96. The lowest BCUT2D eigenvalue weighted by Gasteiger charge is -2.29. The molecule has 0 fully saturated rings. The zero-order chi connectivity index (χ0) is 10.6. The van der Waals surface area contributed by atoms with Crippen molar-refractivity contribution in [1.29, 1.82) is 0 Å². The molecule has 0 rings (SSSR count). The molecule has 0 bridgehead atoms. The minimum absolute atomic E-state index is 0.0587. The fraction of sp³-hybridized carbons (Fsp3) is 0.700. The standard InChI is InChI=1S/C10H19NO2/c1-7(12)5-6-8(11)9(13)10(2,3)4/h5-6,8-9,13H,11H2,1-4H3/b6-5+/t8-,9-/m0/s1. The number of carbonyl (C=O) groups is 1. The Morgan fingerprint density at radius 1 is 1.46 bits per heavy atom. The average molecular weight is 185 g/mol. The van der Waals surface area contributed by atoms with Crippen LogP contribution >= 0.6 is 0 Å². The molecule has 0 saturated carbocycles. The van der Waals surface area contributed by atoms with Gasteiger partial charge < -0.3 is 10.8 Å². The molecular formula is C10H19NO2. The lowest BCUT2D eigenvalue weighted by molar-refractivity contribution is -0.112. The van der Waals surface area contributed by atoms with Crippen LogP contribution in [0.3, 0.4) is 0 Å². The van der Waals surface area contributed by atoms with E-state index in [9.17, 15) is 9.90 Å². The molecule has 0 aliphatic rings. The highest BCUT2D eigenvalue weighted by atomic mass is 16.3. The first-order valence-electron chi connectivity index (χ1n) is 4.37. The van der Waals surface area contributed by atoms with Gasteiger partial charge in [-0.1, -0.05) is 26.8 Å². The van der Waals surface area contributed by atoms with Crippen LogP contribution in [0.1, 0.15) is 27.7 Å². The van der Waals surface area contributed by atoms with E-state index in [4.69, 9.17) is 5.73 Å². The molecule has 13 heavy (non-hydrogen) atoms. The van der Waals surface area contributed by atoms with Gasteiger partial charge in [-0.15, -0.1) is 0 Å². The van der Waals surface area contributed by atoms with E-state index in [-0.39, 0.29) is 11.2 Å². The smallest absolute Gasteiger partial charge is 0.152 e. The summed E-state index contributed by atoms with van der Waals surface area (Å²) in [5.41, 5.74) is 5.40. The van der Waals surface area contributed by atoms with E-state index in [0.717, 1.165) is 0 Å². The summed E-state index contributed by atoms with van der Waals surface area (Å²) in [6, 6.07) is -0.483. The van der Waals surface area contributed by atoms with E-state index in [1.807, 2.05) is 20.8 Å². The van der Waals surface area contributed by atoms with Crippen molar-refractivity contribution in [3.05, 3.63) is 12.2 Å². The van der Waals surface area contributed by atoms with Gasteiger partial charge in [-0.2, -0.15) is 0 Å². The second-order valence-corrected chi connectivity index (χ2v) is 4.36. The van der Waals surface area contributed by atoms with Crippen LogP contribution in [0.15, 0.2) is 12.2 Å². The number of hydrogen-bond donors (Lipinski definition) is 2.